The monoisotopic (exact) mass is 150 g/mol. The van der Waals surface area contributed by atoms with Gasteiger partial charge in [-0.1, -0.05) is 30.3 Å². The molecule has 1 fully saturated rings. The van der Waals surface area contributed by atoms with Crippen LogP contribution >= 0.6 is 11.8 Å². The van der Waals surface area contributed by atoms with E-state index < -0.39 is 0 Å². The van der Waals surface area contributed by atoms with Crippen LogP contribution in [0.4, 0.5) is 0 Å². The van der Waals surface area contributed by atoms with Gasteiger partial charge < -0.3 is 0 Å². The largest absolute Gasteiger partial charge is 0.148 e. The average molecular weight is 150 g/mol. The third-order valence-electron chi connectivity index (χ3n) is 1.96. The molecule has 2 rings (SSSR count). The van der Waals surface area contributed by atoms with Crippen molar-refractivity contribution in [2.24, 2.45) is 0 Å². The van der Waals surface area contributed by atoms with Crippen molar-refractivity contribution in [2.45, 2.75) is 11.7 Å². The van der Waals surface area contributed by atoms with Crippen molar-refractivity contribution in [3.63, 3.8) is 0 Å². The molecule has 1 aromatic rings. The zero-order valence-electron chi connectivity index (χ0n) is 6.00. The quantitative estimate of drug-likeness (QED) is 0.555. The van der Waals surface area contributed by atoms with Crippen molar-refractivity contribution in [1.82, 2.24) is 0 Å². The molecule has 0 bridgehead atoms. The van der Waals surface area contributed by atoms with Crippen molar-refractivity contribution in [2.75, 3.05) is 5.75 Å². The predicted octanol–water partition coefficient (Wildman–Crippen LogP) is 2.65. The van der Waals surface area contributed by atoms with E-state index in [9.17, 15) is 0 Å². The highest BCUT2D eigenvalue weighted by Crippen LogP contribution is 2.52. The van der Waals surface area contributed by atoms with Crippen LogP contribution in [0.3, 0.4) is 0 Å². The Morgan fingerprint density at radius 3 is 2.40 bits per heavy atom. The standard InChI is InChI=1S/C9H10S/c1-9(7-10-9)8-5-3-2-4-6-8/h2-6H,7H2,1H3. The molecular weight excluding hydrogens is 140 g/mol. The van der Waals surface area contributed by atoms with Crippen LogP contribution in [0.25, 0.3) is 0 Å². The van der Waals surface area contributed by atoms with Gasteiger partial charge in [0.15, 0.2) is 0 Å². The van der Waals surface area contributed by atoms with Gasteiger partial charge in [0.2, 0.25) is 0 Å². The van der Waals surface area contributed by atoms with Gasteiger partial charge in [0.05, 0.1) is 0 Å². The van der Waals surface area contributed by atoms with Crippen molar-refractivity contribution < 1.29 is 0 Å². The second kappa shape index (κ2) is 2.03. The zero-order chi connectivity index (χ0) is 7.03. The first-order valence-electron chi connectivity index (χ1n) is 3.51. The fraction of sp³-hybridized carbons (Fsp3) is 0.333. The average Bonchev–Trinajstić information content (AvgIpc) is 2.72. The normalized spacial score (nSPS) is 30.1. The van der Waals surface area contributed by atoms with E-state index in [4.69, 9.17) is 0 Å². The van der Waals surface area contributed by atoms with Crippen LogP contribution < -0.4 is 0 Å². The maximum absolute atomic E-state index is 2.30. The molecule has 1 aliphatic heterocycles. The van der Waals surface area contributed by atoms with Crippen molar-refractivity contribution in [3.8, 4) is 0 Å². The molecule has 0 N–H and O–H groups in total. The molecule has 1 atom stereocenters. The Labute approximate surface area is 65.6 Å². The highest BCUT2D eigenvalue weighted by molar-refractivity contribution is 8.07. The summed E-state index contributed by atoms with van der Waals surface area (Å²) in [6.07, 6.45) is 0. The predicted molar refractivity (Wildman–Crippen MR) is 46.3 cm³/mol. The summed E-state index contributed by atoms with van der Waals surface area (Å²) >= 11 is 2.02. The molecular formula is C9H10S. The van der Waals surface area contributed by atoms with E-state index in [1.165, 1.54) is 11.3 Å². The van der Waals surface area contributed by atoms with Gasteiger partial charge in [0.25, 0.3) is 0 Å². The molecule has 1 heterocycles. The third-order valence-corrected chi connectivity index (χ3v) is 3.35. The maximum Gasteiger partial charge on any atom is 0.0471 e. The molecule has 10 heavy (non-hydrogen) atoms. The highest BCUT2D eigenvalue weighted by Gasteiger charge is 2.39. The number of benzene rings is 1. The second-order valence-corrected chi connectivity index (χ2v) is 4.36. The van der Waals surface area contributed by atoms with Crippen LogP contribution in [-0.2, 0) is 4.75 Å². The molecule has 1 aliphatic rings. The lowest BCUT2D eigenvalue weighted by Gasteiger charge is -2.04. The summed E-state index contributed by atoms with van der Waals surface area (Å²) in [6, 6.07) is 10.7. The minimum absolute atomic E-state index is 0.460. The van der Waals surface area contributed by atoms with Crippen molar-refractivity contribution in [1.29, 1.82) is 0 Å². The number of hydrogen-bond donors (Lipinski definition) is 0. The van der Waals surface area contributed by atoms with Gasteiger partial charge in [-0.15, -0.1) is 11.8 Å². The summed E-state index contributed by atoms with van der Waals surface area (Å²) < 4.78 is 0.460. The Balaban J connectivity index is 2.35. The number of hydrogen-bond acceptors (Lipinski definition) is 1. The van der Waals surface area contributed by atoms with Gasteiger partial charge in [-0.05, 0) is 12.5 Å². The Morgan fingerprint density at radius 2 is 1.90 bits per heavy atom. The summed E-state index contributed by atoms with van der Waals surface area (Å²) in [5, 5.41) is 0. The maximum atomic E-state index is 2.30. The summed E-state index contributed by atoms with van der Waals surface area (Å²) in [4.78, 5) is 0. The molecule has 0 spiro atoms. The Bertz CT molecular complexity index is 224. The second-order valence-electron chi connectivity index (χ2n) is 2.89. The molecule has 1 aromatic carbocycles. The first-order valence-corrected chi connectivity index (χ1v) is 4.49. The van der Waals surface area contributed by atoms with Crippen LogP contribution in [-0.4, -0.2) is 5.75 Å². The molecule has 0 aliphatic carbocycles. The smallest absolute Gasteiger partial charge is 0.0471 e. The van der Waals surface area contributed by atoms with Crippen LogP contribution in [0.1, 0.15) is 12.5 Å². The van der Waals surface area contributed by atoms with Crippen LogP contribution in [0.2, 0.25) is 0 Å². The van der Waals surface area contributed by atoms with Gasteiger partial charge in [0, 0.05) is 10.5 Å². The first-order chi connectivity index (χ1) is 4.81. The lowest BCUT2D eigenvalue weighted by molar-refractivity contribution is 0.887. The molecule has 0 radical (unpaired) electrons. The molecule has 0 nitrogen and oxygen atoms in total. The zero-order valence-corrected chi connectivity index (χ0v) is 6.82. The lowest BCUT2D eigenvalue weighted by Crippen LogP contribution is -1.98. The minimum Gasteiger partial charge on any atom is -0.148 e. The SMILES string of the molecule is CC1(c2ccccc2)CS1. The van der Waals surface area contributed by atoms with Crippen LogP contribution in [0.15, 0.2) is 30.3 Å². The minimum atomic E-state index is 0.460. The van der Waals surface area contributed by atoms with E-state index >= 15 is 0 Å². The fourth-order valence-corrected chi connectivity index (χ4v) is 1.75. The summed E-state index contributed by atoms with van der Waals surface area (Å²) in [5.41, 5.74) is 1.47. The van der Waals surface area contributed by atoms with Gasteiger partial charge in [-0.25, -0.2) is 0 Å². The third kappa shape index (κ3) is 0.948. The molecule has 1 heteroatoms. The molecule has 0 aromatic heterocycles. The number of thioether (sulfide) groups is 1. The van der Waals surface area contributed by atoms with E-state index in [0.717, 1.165) is 0 Å². The van der Waals surface area contributed by atoms with E-state index in [1.54, 1.807) is 0 Å². The summed E-state index contributed by atoms with van der Waals surface area (Å²) in [5.74, 6) is 1.29. The van der Waals surface area contributed by atoms with E-state index in [1.807, 2.05) is 11.8 Å². The summed E-state index contributed by atoms with van der Waals surface area (Å²) in [7, 11) is 0. The molecule has 1 saturated heterocycles. The molecule has 0 amide bonds. The molecule has 52 valence electrons. The van der Waals surface area contributed by atoms with Crippen molar-refractivity contribution >= 4 is 11.8 Å². The molecule has 1 unspecified atom stereocenters. The molecule has 0 saturated carbocycles. The van der Waals surface area contributed by atoms with E-state index in [2.05, 4.69) is 37.3 Å². The van der Waals surface area contributed by atoms with E-state index in [-0.39, 0.29) is 0 Å². The fourth-order valence-electron chi connectivity index (χ4n) is 1.07. The highest BCUT2D eigenvalue weighted by atomic mass is 32.2. The lowest BCUT2D eigenvalue weighted by atomic mass is 10.0. The van der Waals surface area contributed by atoms with Gasteiger partial charge >= 0.3 is 0 Å². The van der Waals surface area contributed by atoms with Gasteiger partial charge in [0.1, 0.15) is 0 Å². The van der Waals surface area contributed by atoms with Crippen molar-refractivity contribution in [3.05, 3.63) is 35.9 Å². The Hall–Kier alpha value is -0.430. The summed E-state index contributed by atoms with van der Waals surface area (Å²) in [6.45, 7) is 2.30. The van der Waals surface area contributed by atoms with E-state index in [0.29, 0.717) is 4.75 Å². The number of rotatable bonds is 1. The van der Waals surface area contributed by atoms with Crippen LogP contribution in [0.5, 0.6) is 0 Å². The topological polar surface area (TPSA) is 0 Å². The Morgan fingerprint density at radius 1 is 1.30 bits per heavy atom. The first kappa shape index (κ1) is 6.29. The van der Waals surface area contributed by atoms with Gasteiger partial charge in [-0.2, -0.15) is 0 Å². The van der Waals surface area contributed by atoms with Crippen LogP contribution in [0, 0.1) is 0 Å². The van der Waals surface area contributed by atoms with Gasteiger partial charge in [-0.3, -0.25) is 0 Å². The Kier molecular flexibility index (Phi) is 1.27.